The topological polar surface area (TPSA) is 89.2 Å². The van der Waals surface area contributed by atoms with Crippen molar-refractivity contribution in [2.24, 2.45) is 0 Å². The number of likely N-dealkylation sites (tertiary alicyclic amines) is 1. The van der Waals surface area contributed by atoms with Crippen LogP contribution in [0.25, 0.3) is 28.2 Å². The number of nitrogens with one attached hydrogen (secondary N) is 1. The van der Waals surface area contributed by atoms with Crippen molar-refractivity contribution in [1.82, 2.24) is 34.2 Å². The lowest BCUT2D eigenvalue weighted by atomic mass is 10.0. The summed E-state index contributed by atoms with van der Waals surface area (Å²) >= 11 is 0. The van der Waals surface area contributed by atoms with E-state index in [0.29, 0.717) is 68.5 Å². The maximum Gasteiger partial charge on any atom is 0.433 e. The minimum absolute atomic E-state index is 0.0723. The highest BCUT2D eigenvalue weighted by Crippen LogP contribution is 2.42. The van der Waals surface area contributed by atoms with E-state index in [2.05, 4.69) is 20.3 Å². The number of piperidine rings is 1. The van der Waals surface area contributed by atoms with Gasteiger partial charge in [-0.05, 0) is 59.0 Å². The van der Waals surface area contributed by atoms with Crippen molar-refractivity contribution in [3.63, 3.8) is 0 Å². The minimum Gasteiger partial charge on any atom is -0.377 e. The number of alkyl halides is 3. The monoisotopic (exact) mass is 587 g/mol. The van der Waals surface area contributed by atoms with Crippen molar-refractivity contribution in [3.8, 4) is 17.2 Å². The first-order valence-electron chi connectivity index (χ1n) is 14.0. The number of hydrogen-bond donors (Lipinski definition) is 1. The van der Waals surface area contributed by atoms with Crippen LogP contribution in [-0.2, 0) is 10.9 Å². The number of halogens is 4. The molecule has 4 aromatic rings. The van der Waals surface area contributed by atoms with Crippen LogP contribution in [0.3, 0.4) is 0 Å². The Balaban J connectivity index is 1.59. The van der Waals surface area contributed by atoms with Gasteiger partial charge in [0.05, 0.1) is 53.3 Å². The Bertz CT molecular complexity index is 1610. The Morgan fingerprint density at radius 1 is 1.05 bits per heavy atom. The van der Waals surface area contributed by atoms with E-state index in [4.69, 9.17) is 14.7 Å². The fourth-order valence-corrected chi connectivity index (χ4v) is 5.92. The average molecular weight is 588 g/mol. The van der Waals surface area contributed by atoms with E-state index in [1.807, 2.05) is 18.9 Å². The van der Waals surface area contributed by atoms with E-state index in [1.54, 1.807) is 30.7 Å². The number of anilines is 2. The van der Waals surface area contributed by atoms with E-state index in [0.717, 1.165) is 4.68 Å². The van der Waals surface area contributed by atoms with Gasteiger partial charge in [-0.25, -0.2) is 18.9 Å². The van der Waals surface area contributed by atoms with Crippen LogP contribution in [0, 0.1) is 12.7 Å². The molecule has 2 aliphatic heterocycles. The Kier molecular flexibility index (Phi) is 7.29. The highest BCUT2D eigenvalue weighted by molar-refractivity contribution is 5.81. The molecule has 0 bridgehead atoms. The van der Waals surface area contributed by atoms with Crippen LogP contribution in [0.5, 0.6) is 0 Å². The van der Waals surface area contributed by atoms with Crippen molar-refractivity contribution in [2.45, 2.75) is 44.9 Å². The van der Waals surface area contributed by atoms with Gasteiger partial charge in [-0.1, -0.05) is 0 Å². The van der Waals surface area contributed by atoms with E-state index >= 15 is 0 Å². The van der Waals surface area contributed by atoms with Crippen LogP contribution < -0.4 is 10.2 Å². The first-order chi connectivity index (χ1) is 20.0. The number of imidazole rings is 1. The Morgan fingerprint density at radius 3 is 2.50 bits per heavy atom. The molecule has 6 rings (SSSR count). The van der Waals surface area contributed by atoms with Gasteiger partial charge in [0.25, 0.3) is 0 Å². The van der Waals surface area contributed by atoms with Gasteiger partial charge in [-0.3, -0.25) is 4.68 Å². The smallest absolute Gasteiger partial charge is 0.377 e. The second kappa shape index (κ2) is 10.8. The molecule has 1 atom stereocenters. The Labute approximate surface area is 240 Å². The van der Waals surface area contributed by atoms with Gasteiger partial charge < -0.3 is 19.9 Å². The molecule has 0 amide bonds. The fraction of sp³-hybridized carbons (Fsp3) is 0.500. The van der Waals surface area contributed by atoms with Crippen molar-refractivity contribution >= 4 is 22.8 Å². The van der Waals surface area contributed by atoms with Crippen LogP contribution in [0.4, 0.5) is 29.3 Å². The van der Waals surface area contributed by atoms with E-state index in [1.165, 1.54) is 12.1 Å². The molecule has 0 saturated carbocycles. The molecule has 0 aliphatic carbocycles. The summed E-state index contributed by atoms with van der Waals surface area (Å²) in [7, 11) is 3.62. The number of ether oxygens (including phenoxy) is 1. The zero-order chi connectivity index (χ0) is 29.8. The molecule has 42 heavy (non-hydrogen) atoms. The van der Waals surface area contributed by atoms with E-state index < -0.39 is 17.7 Å². The van der Waals surface area contributed by atoms with Gasteiger partial charge in [0.15, 0.2) is 5.69 Å². The minimum atomic E-state index is -4.67. The summed E-state index contributed by atoms with van der Waals surface area (Å²) in [6, 6.07) is 5.29. The number of rotatable bonds is 5. The number of aryl methyl sites for hydroxylation is 1. The number of aromatic nitrogens is 6. The van der Waals surface area contributed by atoms with Crippen molar-refractivity contribution in [1.29, 1.82) is 0 Å². The lowest BCUT2D eigenvalue weighted by molar-refractivity contribution is -0.144. The molecular weight excluding hydrogens is 554 g/mol. The molecule has 14 heteroatoms. The highest BCUT2D eigenvalue weighted by atomic mass is 19.4. The van der Waals surface area contributed by atoms with Crippen LogP contribution >= 0.6 is 0 Å². The largest absolute Gasteiger partial charge is 0.433 e. The lowest BCUT2D eigenvalue weighted by Crippen LogP contribution is -2.44. The summed E-state index contributed by atoms with van der Waals surface area (Å²) in [4.78, 5) is 18.1. The molecular formula is C28H33F4N9O. The predicted molar refractivity (Wildman–Crippen MR) is 151 cm³/mol. The number of hydrogen-bond acceptors (Lipinski definition) is 8. The maximum absolute atomic E-state index is 14.9. The summed E-state index contributed by atoms with van der Waals surface area (Å²) in [6.07, 6.45) is -3.55. The van der Waals surface area contributed by atoms with E-state index in [-0.39, 0.29) is 35.0 Å². The van der Waals surface area contributed by atoms with Crippen LogP contribution in [-0.4, -0.2) is 87.2 Å². The summed E-state index contributed by atoms with van der Waals surface area (Å²) < 4.78 is 67.1. The van der Waals surface area contributed by atoms with Crippen molar-refractivity contribution < 1.29 is 22.3 Å². The quantitative estimate of drug-likeness (QED) is 0.337. The second-order valence-electron chi connectivity index (χ2n) is 11.0. The fourth-order valence-electron chi connectivity index (χ4n) is 5.92. The standard InChI is InChI=1S/C28H33F4N9O/c1-16-15-42-12-11-39(16)23-14-21(35-27(36-23)40-22-6-5-18(29)13-20(22)34-26(40)33-3)24-17(2)37-41(25(24)28(30,31)32)19-7-9-38(4)10-8-19/h5-6,13-14,16,19H,7-12,15H2,1-4H3,(H,33,34)/t16-/m1/s1. The molecule has 2 fully saturated rings. The first kappa shape index (κ1) is 28.3. The summed E-state index contributed by atoms with van der Waals surface area (Å²) in [5, 5.41) is 7.44. The SMILES string of the molecule is CNc1nc2cc(F)ccc2n1-c1nc(-c2c(C)nn(C3CCN(C)CC3)c2C(F)(F)F)cc(N2CCOC[C@H]2C)n1. The molecule has 0 unspecified atom stereocenters. The summed E-state index contributed by atoms with van der Waals surface area (Å²) in [5.41, 5.74) is 0.313. The lowest BCUT2D eigenvalue weighted by Gasteiger charge is -2.34. The number of fused-ring (bicyclic) bond motifs is 1. The predicted octanol–water partition coefficient (Wildman–Crippen LogP) is 4.68. The Hall–Kier alpha value is -3.78. The van der Waals surface area contributed by atoms with Crippen LogP contribution in [0.2, 0.25) is 0 Å². The molecule has 5 heterocycles. The normalized spacial score (nSPS) is 19.1. The molecule has 0 spiro atoms. The molecule has 224 valence electrons. The van der Waals surface area contributed by atoms with Crippen LogP contribution in [0.1, 0.15) is 37.2 Å². The maximum atomic E-state index is 14.9. The molecule has 1 aromatic carbocycles. The summed E-state index contributed by atoms with van der Waals surface area (Å²) in [6.45, 7) is 6.34. The van der Waals surface area contributed by atoms with Gasteiger partial charge in [-0.2, -0.15) is 23.3 Å². The summed E-state index contributed by atoms with van der Waals surface area (Å²) in [5.74, 6) is 0.429. The molecule has 10 nitrogen and oxygen atoms in total. The highest BCUT2D eigenvalue weighted by Gasteiger charge is 2.42. The number of morpholine rings is 1. The third kappa shape index (κ3) is 5.06. The molecule has 2 aliphatic rings. The van der Waals surface area contributed by atoms with Gasteiger partial charge in [0.2, 0.25) is 11.9 Å². The third-order valence-corrected chi connectivity index (χ3v) is 8.05. The molecule has 0 radical (unpaired) electrons. The Morgan fingerprint density at radius 2 is 1.81 bits per heavy atom. The van der Waals surface area contributed by atoms with Gasteiger partial charge >= 0.3 is 6.18 Å². The van der Waals surface area contributed by atoms with E-state index in [9.17, 15) is 17.6 Å². The number of benzene rings is 1. The van der Waals surface area contributed by atoms with Gasteiger partial charge in [0.1, 0.15) is 11.6 Å². The van der Waals surface area contributed by atoms with Gasteiger partial charge in [-0.15, -0.1) is 0 Å². The zero-order valence-electron chi connectivity index (χ0n) is 23.9. The van der Waals surface area contributed by atoms with Crippen molar-refractivity contribution in [3.05, 3.63) is 41.5 Å². The zero-order valence-corrected chi connectivity index (χ0v) is 23.9. The molecule has 3 aromatic heterocycles. The van der Waals surface area contributed by atoms with Gasteiger partial charge in [0, 0.05) is 25.7 Å². The average Bonchev–Trinajstić information content (AvgIpc) is 3.50. The molecule has 1 N–H and O–H groups in total. The van der Waals surface area contributed by atoms with Crippen LogP contribution in [0.15, 0.2) is 24.3 Å². The van der Waals surface area contributed by atoms with Crippen molar-refractivity contribution in [2.75, 3.05) is 57.2 Å². The first-order valence-corrected chi connectivity index (χ1v) is 14.0. The second-order valence-corrected chi connectivity index (χ2v) is 11.0. The number of nitrogens with zero attached hydrogens (tertiary/aromatic N) is 8. The third-order valence-electron chi connectivity index (χ3n) is 8.05. The molecule has 2 saturated heterocycles.